The van der Waals surface area contributed by atoms with Crippen LogP contribution in [-0.2, 0) is 5.41 Å². The number of hydrogen-bond donors (Lipinski definition) is 0. The van der Waals surface area contributed by atoms with Crippen LogP contribution >= 0.6 is 0 Å². The highest BCUT2D eigenvalue weighted by Gasteiger charge is 2.41. The lowest BCUT2D eigenvalue weighted by molar-refractivity contribution is 0.559. The van der Waals surface area contributed by atoms with Gasteiger partial charge in [-0.25, -0.2) is 4.39 Å². The SMILES string of the molecule is Cc1ccc(C2(/C=C\CF)CC2)cc1. The predicted molar refractivity (Wildman–Crippen MR) is 57.2 cm³/mol. The number of benzene rings is 1. The van der Waals surface area contributed by atoms with Crippen LogP contribution in [0.25, 0.3) is 0 Å². The molecule has 0 aromatic heterocycles. The second kappa shape index (κ2) is 3.56. The van der Waals surface area contributed by atoms with Crippen molar-refractivity contribution in [2.75, 3.05) is 6.67 Å². The molecule has 1 fully saturated rings. The van der Waals surface area contributed by atoms with Crippen LogP contribution in [-0.4, -0.2) is 6.67 Å². The average molecular weight is 190 g/mol. The summed E-state index contributed by atoms with van der Waals surface area (Å²) < 4.78 is 12.0. The maximum absolute atomic E-state index is 12.0. The number of allylic oxidation sites excluding steroid dienone is 2. The van der Waals surface area contributed by atoms with Gasteiger partial charge in [-0.05, 0) is 25.3 Å². The standard InChI is InChI=1S/C13H15F/c1-11-3-5-12(6-4-11)13(8-9-13)7-2-10-14/h2-7H,8-10H2,1H3/b7-2-. The molecule has 0 bridgehead atoms. The van der Waals surface area contributed by atoms with Gasteiger partial charge in [0.1, 0.15) is 6.67 Å². The van der Waals surface area contributed by atoms with Crippen molar-refractivity contribution in [3.63, 3.8) is 0 Å². The van der Waals surface area contributed by atoms with Crippen molar-refractivity contribution in [3.8, 4) is 0 Å². The van der Waals surface area contributed by atoms with E-state index in [2.05, 4.69) is 31.2 Å². The summed E-state index contributed by atoms with van der Waals surface area (Å²) in [4.78, 5) is 0. The van der Waals surface area contributed by atoms with Crippen LogP contribution in [0.15, 0.2) is 36.4 Å². The third kappa shape index (κ3) is 1.72. The molecule has 2 rings (SSSR count). The van der Waals surface area contributed by atoms with Crippen LogP contribution in [0.1, 0.15) is 24.0 Å². The Balaban J connectivity index is 2.22. The Labute approximate surface area is 84.5 Å². The topological polar surface area (TPSA) is 0 Å². The second-order valence-corrected chi connectivity index (χ2v) is 4.08. The van der Waals surface area contributed by atoms with E-state index in [1.807, 2.05) is 6.08 Å². The molecule has 0 N–H and O–H groups in total. The summed E-state index contributed by atoms with van der Waals surface area (Å²) in [7, 11) is 0. The number of halogens is 1. The monoisotopic (exact) mass is 190 g/mol. The van der Waals surface area contributed by atoms with Crippen LogP contribution in [0.2, 0.25) is 0 Å². The Bertz CT molecular complexity index is 331. The normalized spacial score (nSPS) is 18.7. The van der Waals surface area contributed by atoms with Crippen molar-refractivity contribution in [2.24, 2.45) is 0 Å². The van der Waals surface area contributed by atoms with E-state index in [4.69, 9.17) is 0 Å². The maximum Gasteiger partial charge on any atom is 0.108 e. The van der Waals surface area contributed by atoms with Crippen molar-refractivity contribution in [2.45, 2.75) is 25.2 Å². The summed E-state index contributed by atoms with van der Waals surface area (Å²) >= 11 is 0. The van der Waals surface area contributed by atoms with Gasteiger partial charge in [0.25, 0.3) is 0 Å². The Hall–Kier alpha value is -1.11. The summed E-state index contributed by atoms with van der Waals surface area (Å²) in [6.45, 7) is 1.73. The van der Waals surface area contributed by atoms with Crippen molar-refractivity contribution in [3.05, 3.63) is 47.5 Å². The molecule has 0 radical (unpaired) electrons. The van der Waals surface area contributed by atoms with E-state index in [1.165, 1.54) is 11.1 Å². The molecule has 1 aromatic carbocycles. The van der Waals surface area contributed by atoms with E-state index in [0.29, 0.717) is 0 Å². The molecule has 1 aliphatic rings. The third-order valence-corrected chi connectivity index (χ3v) is 2.94. The minimum atomic E-state index is -0.354. The predicted octanol–water partition coefficient (Wildman–Crippen LogP) is 3.55. The molecular formula is C13H15F. The molecule has 0 saturated heterocycles. The molecule has 0 unspecified atom stereocenters. The molecule has 0 heterocycles. The van der Waals surface area contributed by atoms with Gasteiger partial charge in [0.05, 0.1) is 0 Å². The number of aryl methyl sites for hydroxylation is 1. The number of hydrogen-bond acceptors (Lipinski definition) is 0. The zero-order valence-corrected chi connectivity index (χ0v) is 8.46. The quantitative estimate of drug-likeness (QED) is 0.639. The first-order valence-electron chi connectivity index (χ1n) is 5.08. The van der Waals surface area contributed by atoms with Crippen molar-refractivity contribution < 1.29 is 4.39 Å². The zero-order chi connectivity index (χ0) is 10.0. The van der Waals surface area contributed by atoms with Crippen molar-refractivity contribution >= 4 is 0 Å². The van der Waals surface area contributed by atoms with Crippen LogP contribution < -0.4 is 0 Å². The van der Waals surface area contributed by atoms with E-state index in [0.717, 1.165) is 12.8 Å². The first kappa shape index (κ1) is 9.45. The molecular weight excluding hydrogens is 175 g/mol. The molecule has 0 aliphatic heterocycles. The van der Waals surface area contributed by atoms with Gasteiger partial charge in [-0.15, -0.1) is 0 Å². The van der Waals surface area contributed by atoms with Crippen LogP contribution in [0.5, 0.6) is 0 Å². The van der Waals surface area contributed by atoms with E-state index < -0.39 is 0 Å². The Morgan fingerprint density at radius 1 is 1.29 bits per heavy atom. The first-order chi connectivity index (χ1) is 6.77. The molecule has 0 amide bonds. The molecule has 0 atom stereocenters. The average Bonchev–Trinajstić information content (AvgIpc) is 2.97. The second-order valence-electron chi connectivity index (χ2n) is 4.08. The van der Waals surface area contributed by atoms with Crippen molar-refractivity contribution in [1.29, 1.82) is 0 Å². The van der Waals surface area contributed by atoms with Gasteiger partial charge in [0.2, 0.25) is 0 Å². The van der Waals surface area contributed by atoms with Crippen molar-refractivity contribution in [1.82, 2.24) is 0 Å². The van der Waals surface area contributed by atoms with Gasteiger partial charge >= 0.3 is 0 Å². The number of rotatable bonds is 3. The largest absolute Gasteiger partial charge is 0.247 e. The fourth-order valence-electron chi connectivity index (χ4n) is 1.84. The van der Waals surface area contributed by atoms with E-state index >= 15 is 0 Å². The zero-order valence-electron chi connectivity index (χ0n) is 8.46. The lowest BCUT2D eigenvalue weighted by Crippen LogP contribution is -2.01. The summed E-state index contributed by atoms with van der Waals surface area (Å²) in [5, 5.41) is 0. The van der Waals surface area contributed by atoms with Gasteiger partial charge in [-0.3, -0.25) is 0 Å². The minimum Gasteiger partial charge on any atom is -0.247 e. The van der Waals surface area contributed by atoms with Gasteiger partial charge in [0.15, 0.2) is 0 Å². The van der Waals surface area contributed by atoms with Crippen LogP contribution in [0, 0.1) is 6.92 Å². The Kier molecular flexibility index (Phi) is 2.40. The molecule has 1 heteroatoms. The highest BCUT2D eigenvalue weighted by molar-refractivity contribution is 5.38. The van der Waals surface area contributed by atoms with Gasteiger partial charge in [-0.1, -0.05) is 42.0 Å². The highest BCUT2D eigenvalue weighted by Crippen LogP contribution is 2.49. The molecule has 14 heavy (non-hydrogen) atoms. The lowest BCUT2D eigenvalue weighted by atomic mass is 9.95. The third-order valence-electron chi connectivity index (χ3n) is 2.94. The molecule has 1 saturated carbocycles. The summed E-state index contributed by atoms with van der Waals surface area (Å²) in [5.41, 5.74) is 2.77. The highest BCUT2D eigenvalue weighted by atomic mass is 19.1. The van der Waals surface area contributed by atoms with E-state index in [-0.39, 0.29) is 12.1 Å². The van der Waals surface area contributed by atoms with E-state index in [1.54, 1.807) is 6.08 Å². The van der Waals surface area contributed by atoms with Gasteiger partial charge in [0, 0.05) is 5.41 Å². The molecule has 74 valence electrons. The van der Waals surface area contributed by atoms with Crippen LogP contribution in [0.4, 0.5) is 4.39 Å². The molecule has 1 aromatic rings. The maximum atomic E-state index is 12.0. The molecule has 0 nitrogen and oxygen atoms in total. The first-order valence-corrected chi connectivity index (χ1v) is 5.08. The fourth-order valence-corrected chi connectivity index (χ4v) is 1.84. The Morgan fingerprint density at radius 3 is 2.43 bits per heavy atom. The number of alkyl halides is 1. The van der Waals surface area contributed by atoms with E-state index in [9.17, 15) is 4.39 Å². The van der Waals surface area contributed by atoms with Gasteiger partial charge in [-0.2, -0.15) is 0 Å². The molecule has 1 aliphatic carbocycles. The summed E-state index contributed by atoms with van der Waals surface area (Å²) in [6, 6.07) is 8.56. The lowest BCUT2D eigenvalue weighted by Gasteiger charge is -2.10. The smallest absolute Gasteiger partial charge is 0.108 e. The van der Waals surface area contributed by atoms with Crippen LogP contribution in [0.3, 0.4) is 0 Å². The summed E-state index contributed by atoms with van der Waals surface area (Å²) in [6.07, 6.45) is 5.98. The molecule has 0 spiro atoms. The minimum absolute atomic E-state index is 0.166. The summed E-state index contributed by atoms with van der Waals surface area (Å²) in [5.74, 6) is 0. The fraction of sp³-hybridized carbons (Fsp3) is 0.385. The van der Waals surface area contributed by atoms with Gasteiger partial charge < -0.3 is 0 Å². The Morgan fingerprint density at radius 2 is 1.93 bits per heavy atom.